The Hall–Kier alpha value is -2.20. The van der Waals surface area contributed by atoms with Crippen molar-refractivity contribution in [3.63, 3.8) is 0 Å². The fraction of sp³-hybridized carbons (Fsp3) is 0.250. The van der Waals surface area contributed by atoms with E-state index in [-0.39, 0.29) is 6.04 Å². The minimum absolute atomic E-state index is 0.164. The van der Waals surface area contributed by atoms with Crippen LogP contribution in [0, 0.1) is 0 Å². The zero-order chi connectivity index (χ0) is 13.9. The Morgan fingerprint density at radius 3 is 2.95 bits per heavy atom. The maximum atomic E-state index is 5.78. The summed E-state index contributed by atoms with van der Waals surface area (Å²) in [6, 6.07) is 10.0. The second-order valence-electron chi connectivity index (χ2n) is 5.02. The molecule has 2 N–H and O–H groups in total. The van der Waals surface area contributed by atoms with Crippen LogP contribution in [0.5, 0.6) is 0 Å². The molecule has 3 rings (SSSR count). The molecule has 4 heteroatoms. The minimum atomic E-state index is 0.164. The maximum absolute atomic E-state index is 5.78. The number of benzene rings is 1. The Labute approximate surface area is 117 Å². The van der Waals surface area contributed by atoms with Crippen LogP contribution >= 0.6 is 0 Å². The summed E-state index contributed by atoms with van der Waals surface area (Å²) in [5, 5.41) is 1.07. The molecule has 0 radical (unpaired) electrons. The van der Waals surface area contributed by atoms with E-state index in [9.17, 15) is 0 Å². The number of fused-ring (bicyclic) bond motifs is 1. The van der Waals surface area contributed by atoms with Crippen molar-refractivity contribution in [2.75, 3.05) is 0 Å². The molecule has 0 aliphatic heterocycles. The number of furan rings is 1. The zero-order valence-electron chi connectivity index (χ0n) is 11.4. The molecule has 0 bridgehead atoms. The highest BCUT2D eigenvalue weighted by atomic mass is 16.3. The van der Waals surface area contributed by atoms with E-state index in [1.165, 1.54) is 0 Å². The van der Waals surface area contributed by atoms with Gasteiger partial charge in [0, 0.05) is 29.6 Å². The summed E-state index contributed by atoms with van der Waals surface area (Å²) < 4.78 is 5.56. The van der Waals surface area contributed by atoms with Gasteiger partial charge in [-0.15, -0.1) is 0 Å². The summed E-state index contributed by atoms with van der Waals surface area (Å²) in [6.07, 6.45) is 5.22. The van der Waals surface area contributed by atoms with Crippen LogP contribution in [0.2, 0.25) is 0 Å². The van der Waals surface area contributed by atoms with Gasteiger partial charge < -0.3 is 10.2 Å². The van der Waals surface area contributed by atoms with Crippen LogP contribution in [0.4, 0.5) is 0 Å². The predicted octanol–water partition coefficient (Wildman–Crippen LogP) is 3.17. The van der Waals surface area contributed by atoms with Gasteiger partial charge >= 0.3 is 0 Å². The molecular weight excluding hydrogens is 250 g/mol. The third-order valence-corrected chi connectivity index (χ3v) is 3.29. The molecule has 2 heterocycles. The Morgan fingerprint density at radius 1 is 1.25 bits per heavy atom. The Bertz CT molecular complexity index is 718. The number of rotatable bonds is 4. The third kappa shape index (κ3) is 2.56. The second kappa shape index (κ2) is 5.43. The lowest BCUT2D eigenvalue weighted by atomic mass is 10.1. The molecule has 0 aliphatic carbocycles. The molecule has 0 spiro atoms. The van der Waals surface area contributed by atoms with E-state index in [0.29, 0.717) is 0 Å². The van der Waals surface area contributed by atoms with E-state index in [2.05, 4.69) is 9.97 Å². The van der Waals surface area contributed by atoms with Crippen LogP contribution in [0.1, 0.15) is 19.2 Å². The summed E-state index contributed by atoms with van der Waals surface area (Å²) in [6.45, 7) is 1.99. The molecule has 1 atom stereocenters. The highest BCUT2D eigenvalue weighted by Crippen LogP contribution is 2.28. The first-order chi connectivity index (χ1) is 9.74. The number of aromatic nitrogens is 2. The van der Waals surface area contributed by atoms with Gasteiger partial charge in [-0.25, -0.2) is 9.97 Å². The Kier molecular flexibility index (Phi) is 3.48. The van der Waals surface area contributed by atoms with Crippen LogP contribution in [-0.4, -0.2) is 16.0 Å². The average Bonchev–Trinajstić information content (AvgIpc) is 2.89. The van der Waals surface area contributed by atoms with E-state index in [4.69, 9.17) is 10.2 Å². The molecule has 1 unspecified atom stereocenters. The normalized spacial score (nSPS) is 12.7. The maximum Gasteiger partial charge on any atom is 0.134 e. The standard InChI is InChI=1S/C16H17N3O/c1-11(17)6-7-16-18-9-8-14(19-16)13-10-20-15-5-3-2-4-12(13)15/h2-5,8-11H,6-7,17H2,1H3. The molecule has 20 heavy (non-hydrogen) atoms. The quantitative estimate of drug-likeness (QED) is 0.788. The van der Waals surface area contributed by atoms with E-state index >= 15 is 0 Å². The van der Waals surface area contributed by atoms with Crippen LogP contribution in [-0.2, 0) is 6.42 Å². The molecule has 0 saturated carbocycles. The van der Waals surface area contributed by atoms with Crippen molar-refractivity contribution in [2.45, 2.75) is 25.8 Å². The second-order valence-corrected chi connectivity index (χ2v) is 5.02. The van der Waals surface area contributed by atoms with E-state index in [1.54, 1.807) is 12.5 Å². The molecule has 4 nitrogen and oxygen atoms in total. The molecule has 3 aromatic rings. The van der Waals surface area contributed by atoms with Crippen LogP contribution in [0.15, 0.2) is 47.2 Å². The number of nitrogens with zero attached hydrogens (tertiary/aromatic N) is 2. The fourth-order valence-corrected chi connectivity index (χ4v) is 2.20. The molecule has 2 aromatic heterocycles. The Morgan fingerprint density at radius 2 is 2.10 bits per heavy atom. The van der Waals surface area contributed by atoms with Crippen LogP contribution in [0.25, 0.3) is 22.2 Å². The van der Waals surface area contributed by atoms with E-state index in [0.717, 1.165) is 40.9 Å². The summed E-state index contributed by atoms with van der Waals surface area (Å²) >= 11 is 0. The van der Waals surface area contributed by atoms with Gasteiger partial charge in [0.25, 0.3) is 0 Å². The van der Waals surface area contributed by atoms with Crippen LogP contribution in [0.3, 0.4) is 0 Å². The lowest BCUT2D eigenvalue weighted by Gasteiger charge is -2.05. The lowest BCUT2D eigenvalue weighted by Crippen LogP contribution is -2.16. The summed E-state index contributed by atoms with van der Waals surface area (Å²) in [5.74, 6) is 0.824. The first-order valence-electron chi connectivity index (χ1n) is 6.78. The predicted molar refractivity (Wildman–Crippen MR) is 79.2 cm³/mol. The number of aryl methyl sites for hydroxylation is 1. The highest BCUT2D eigenvalue weighted by Gasteiger charge is 2.10. The van der Waals surface area contributed by atoms with Crippen molar-refractivity contribution in [1.29, 1.82) is 0 Å². The van der Waals surface area contributed by atoms with E-state index in [1.807, 2.05) is 37.3 Å². The monoisotopic (exact) mass is 267 g/mol. The van der Waals surface area contributed by atoms with Crippen molar-refractivity contribution in [3.05, 3.63) is 48.6 Å². The third-order valence-electron chi connectivity index (χ3n) is 3.29. The zero-order valence-corrected chi connectivity index (χ0v) is 11.4. The molecule has 0 fully saturated rings. The highest BCUT2D eigenvalue weighted by molar-refractivity contribution is 5.92. The van der Waals surface area contributed by atoms with Gasteiger partial charge in [-0.3, -0.25) is 0 Å². The fourth-order valence-electron chi connectivity index (χ4n) is 2.20. The molecule has 102 valence electrons. The smallest absolute Gasteiger partial charge is 0.134 e. The SMILES string of the molecule is CC(N)CCc1nccc(-c2coc3ccccc23)n1. The minimum Gasteiger partial charge on any atom is -0.464 e. The van der Waals surface area contributed by atoms with Gasteiger partial charge in [0.2, 0.25) is 0 Å². The van der Waals surface area contributed by atoms with Gasteiger partial charge in [-0.05, 0) is 25.5 Å². The molecule has 1 aromatic carbocycles. The molecule has 0 amide bonds. The molecule has 0 saturated heterocycles. The molecular formula is C16H17N3O. The van der Waals surface area contributed by atoms with Gasteiger partial charge in [0.15, 0.2) is 0 Å². The van der Waals surface area contributed by atoms with Crippen molar-refractivity contribution in [1.82, 2.24) is 9.97 Å². The van der Waals surface area contributed by atoms with Gasteiger partial charge in [0.1, 0.15) is 17.7 Å². The first-order valence-corrected chi connectivity index (χ1v) is 6.78. The van der Waals surface area contributed by atoms with Crippen molar-refractivity contribution in [3.8, 4) is 11.3 Å². The van der Waals surface area contributed by atoms with Crippen molar-refractivity contribution >= 4 is 11.0 Å². The summed E-state index contributed by atoms with van der Waals surface area (Å²) in [7, 11) is 0. The lowest BCUT2D eigenvalue weighted by molar-refractivity contribution is 0.616. The number of para-hydroxylation sites is 1. The molecule has 0 aliphatic rings. The number of nitrogens with two attached hydrogens (primary N) is 1. The summed E-state index contributed by atoms with van der Waals surface area (Å²) in [5.41, 5.74) is 8.55. The average molecular weight is 267 g/mol. The van der Waals surface area contributed by atoms with Gasteiger partial charge in [-0.2, -0.15) is 0 Å². The van der Waals surface area contributed by atoms with Gasteiger partial charge in [-0.1, -0.05) is 18.2 Å². The summed E-state index contributed by atoms with van der Waals surface area (Å²) in [4.78, 5) is 8.91. The van der Waals surface area contributed by atoms with Gasteiger partial charge in [0.05, 0.1) is 5.69 Å². The van der Waals surface area contributed by atoms with Crippen molar-refractivity contribution in [2.24, 2.45) is 5.73 Å². The first kappa shape index (κ1) is 12.8. The Balaban J connectivity index is 1.95. The number of hydrogen-bond donors (Lipinski definition) is 1. The topological polar surface area (TPSA) is 64.9 Å². The van der Waals surface area contributed by atoms with Crippen molar-refractivity contribution < 1.29 is 4.42 Å². The van der Waals surface area contributed by atoms with E-state index < -0.39 is 0 Å². The largest absolute Gasteiger partial charge is 0.464 e. The van der Waals surface area contributed by atoms with Crippen LogP contribution < -0.4 is 5.73 Å². The number of hydrogen-bond acceptors (Lipinski definition) is 4.